The lowest BCUT2D eigenvalue weighted by Crippen LogP contribution is -2.47. The molecule has 1 atom stereocenters. The Hall–Kier alpha value is -2.12. The molecule has 0 aliphatic carbocycles. The van der Waals surface area contributed by atoms with Crippen LogP contribution in [0.15, 0.2) is 35.6 Å². The van der Waals surface area contributed by atoms with Crippen LogP contribution >= 0.6 is 0 Å². The van der Waals surface area contributed by atoms with Crippen LogP contribution in [0.25, 0.3) is 0 Å². The van der Waals surface area contributed by atoms with Gasteiger partial charge in [-0.1, -0.05) is 0 Å². The predicted molar refractivity (Wildman–Crippen MR) is 93.2 cm³/mol. The van der Waals surface area contributed by atoms with Crippen molar-refractivity contribution < 1.29 is 4.74 Å². The van der Waals surface area contributed by atoms with Crippen LogP contribution in [-0.2, 0) is 25.4 Å². The third-order valence-electron chi connectivity index (χ3n) is 4.36. The molecule has 3 heterocycles. The average Bonchev–Trinajstić information content (AvgIpc) is 2.95. The maximum atomic E-state index is 12.2. The number of likely N-dealkylation sites (N-methyl/N-ethyl adjacent to an activating group) is 1. The van der Waals surface area contributed by atoms with E-state index in [1.54, 1.807) is 24.0 Å². The Kier molecular flexibility index (Phi) is 5.01. The maximum absolute atomic E-state index is 12.2. The Bertz CT molecular complexity index is 739. The number of aromatic nitrogens is 3. The molecule has 0 bridgehead atoms. The summed E-state index contributed by atoms with van der Waals surface area (Å²) in [7, 11) is 5.66. The first-order valence-electron chi connectivity index (χ1n) is 8.20. The summed E-state index contributed by atoms with van der Waals surface area (Å²) in [5.41, 5.74) is 1.22. The van der Waals surface area contributed by atoms with Gasteiger partial charge in [0.25, 0.3) is 5.56 Å². The van der Waals surface area contributed by atoms with Gasteiger partial charge in [0, 0.05) is 72.1 Å². The van der Waals surface area contributed by atoms with Crippen molar-refractivity contribution in [1.82, 2.24) is 19.0 Å². The van der Waals surface area contributed by atoms with E-state index in [2.05, 4.69) is 32.9 Å². The molecule has 3 rings (SSSR count). The fourth-order valence-electron chi connectivity index (χ4n) is 3.09. The molecule has 0 amide bonds. The molecule has 24 heavy (non-hydrogen) atoms. The van der Waals surface area contributed by atoms with E-state index in [0.29, 0.717) is 19.0 Å². The molecule has 0 N–H and O–H groups in total. The molecule has 1 fully saturated rings. The molecule has 130 valence electrons. The second-order valence-corrected chi connectivity index (χ2v) is 6.46. The first-order chi connectivity index (χ1) is 11.5. The van der Waals surface area contributed by atoms with Crippen molar-refractivity contribution in [2.45, 2.75) is 12.6 Å². The fourth-order valence-corrected chi connectivity index (χ4v) is 3.09. The summed E-state index contributed by atoms with van der Waals surface area (Å²) >= 11 is 0. The lowest BCUT2D eigenvalue weighted by molar-refractivity contribution is -0.0265. The zero-order valence-electron chi connectivity index (χ0n) is 14.6. The van der Waals surface area contributed by atoms with E-state index in [1.807, 2.05) is 19.0 Å². The number of anilines is 1. The lowest BCUT2D eigenvalue weighted by Gasteiger charge is -2.34. The van der Waals surface area contributed by atoms with Crippen molar-refractivity contribution in [3.8, 4) is 0 Å². The summed E-state index contributed by atoms with van der Waals surface area (Å²) in [6, 6.07) is 2.15. The highest BCUT2D eigenvalue weighted by Crippen LogP contribution is 2.12. The van der Waals surface area contributed by atoms with Crippen molar-refractivity contribution in [1.29, 1.82) is 0 Å². The summed E-state index contributed by atoms with van der Waals surface area (Å²) < 4.78 is 9.50. The quantitative estimate of drug-likeness (QED) is 0.797. The summed E-state index contributed by atoms with van der Waals surface area (Å²) in [6.45, 7) is 4.08. The zero-order valence-corrected chi connectivity index (χ0v) is 14.6. The van der Waals surface area contributed by atoms with E-state index in [9.17, 15) is 4.79 Å². The highest BCUT2D eigenvalue weighted by molar-refractivity contribution is 5.34. The molecule has 0 radical (unpaired) electrons. The van der Waals surface area contributed by atoms with E-state index < -0.39 is 0 Å². The van der Waals surface area contributed by atoms with Gasteiger partial charge in [-0.2, -0.15) is 0 Å². The Morgan fingerprint density at radius 1 is 1.38 bits per heavy atom. The van der Waals surface area contributed by atoms with Crippen LogP contribution in [0.1, 0.15) is 5.56 Å². The van der Waals surface area contributed by atoms with E-state index in [-0.39, 0.29) is 11.7 Å². The Morgan fingerprint density at radius 2 is 2.21 bits per heavy atom. The first kappa shape index (κ1) is 16.7. The largest absolute Gasteiger partial charge is 0.374 e. The van der Waals surface area contributed by atoms with Gasteiger partial charge in [0.2, 0.25) is 0 Å². The van der Waals surface area contributed by atoms with Crippen molar-refractivity contribution >= 4 is 5.82 Å². The van der Waals surface area contributed by atoms with Gasteiger partial charge < -0.3 is 18.8 Å². The molecule has 1 aliphatic rings. The van der Waals surface area contributed by atoms with Crippen molar-refractivity contribution in [3.05, 3.63) is 46.8 Å². The van der Waals surface area contributed by atoms with Gasteiger partial charge in [0.15, 0.2) is 5.82 Å². The Balaban J connectivity index is 1.60. The van der Waals surface area contributed by atoms with Gasteiger partial charge in [0.1, 0.15) is 0 Å². The summed E-state index contributed by atoms with van der Waals surface area (Å²) in [6.07, 6.45) is 7.60. The molecule has 2 aromatic heterocycles. The molecule has 1 aliphatic heterocycles. The summed E-state index contributed by atoms with van der Waals surface area (Å²) in [5, 5.41) is 0. The molecule has 0 unspecified atom stereocenters. The van der Waals surface area contributed by atoms with Crippen LogP contribution in [0.4, 0.5) is 5.82 Å². The molecule has 2 aromatic rings. The van der Waals surface area contributed by atoms with Gasteiger partial charge in [-0.15, -0.1) is 0 Å². The van der Waals surface area contributed by atoms with Crippen LogP contribution in [0.3, 0.4) is 0 Å². The Labute approximate surface area is 142 Å². The van der Waals surface area contributed by atoms with Crippen molar-refractivity contribution in [2.24, 2.45) is 14.1 Å². The van der Waals surface area contributed by atoms with E-state index in [1.165, 1.54) is 5.56 Å². The number of morpholine rings is 1. The lowest BCUT2D eigenvalue weighted by atomic mass is 10.2. The van der Waals surface area contributed by atoms with Crippen LogP contribution in [-0.4, -0.2) is 58.4 Å². The molecular weight excluding hydrogens is 306 g/mol. The normalized spacial score (nSPS) is 18.7. The Morgan fingerprint density at radius 3 is 2.96 bits per heavy atom. The van der Waals surface area contributed by atoms with E-state index in [4.69, 9.17) is 4.74 Å². The van der Waals surface area contributed by atoms with Crippen molar-refractivity contribution in [2.75, 3.05) is 38.2 Å². The fraction of sp³-hybridized carbons (Fsp3) is 0.529. The smallest absolute Gasteiger partial charge is 0.293 e. The number of nitrogens with zero attached hydrogens (tertiary/aromatic N) is 5. The number of aryl methyl sites for hydroxylation is 2. The molecule has 0 aromatic carbocycles. The second-order valence-electron chi connectivity index (χ2n) is 6.46. The molecular formula is C17H25N5O2. The summed E-state index contributed by atoms with van der Waals surface area (Å²) in [5.74, 6) is 0.462. The van der Waals surface area contributed by atoms with Crippen LogP contribution in [0.2, 0.25) is 0 Å². The molecule has 0 spiro atoms. The van der Waals surface area contributed by atoms with Gasteiger partial charge in [-0.3, -0.25) is 9.69 Å². The molecule has 1 saturated heterocycles. The number of hydrogen-bond acceptors (Lipinski definition) is 5. The first-order valence-corrected chi connectivity index (χ1v) is 8.20. The zero-order chi connectivity index (χ0) is 17.1. The van der Waals surface area contributed by atoms with Crippen LogP contribution < -0.4 is 10.5 Å². The molecule has 7 heteroatoms. The minimum absolute atomic E-state index is 0.0687. The number of ether oxygens (including phenoxy) is 1. The number of rotatable bonds is 5. The van der Waals surface area contributed by atoms with Gasteiger partial charge in [-0.25, -0.2) is 4.98 Å². The summed E-state index contributed by atoms with van der Waals surface area (Å²) in [4.78, 5) is 20.7. The van der Waals surface area contributed by atoms with E-state index in [0.717, 1.165) is 19.6 Å². The second kappa shape index (κ2) is 7.19. The van der Waals surface area contributed by atoms with Gasteiger partial charge >= 0.3 is 0 Å². The third-order valence-corrected chi connectivity index (χ3v) is 4.36. The standard InChI is InChI=1S/C17H25N5O2/c1-19-6-4-14(10-19)11-22-8-9-24-15(13-22)12-21(3)16-17(23)20(2)7-5-18-16/h4-7,10,15H,8-9,11-13H2,1-3H3/t15-/m0/s1. The van der Waals surface area contributed by atoms with Gasteiger partial charge in [-0.05, 0) is 11.6 Å². The minimum Gasteiger partial charge on any atom is -0.374 e. The SMILES string of the molecule is CN(C[C@H]1CN(Cc2ccn(C)c2)CCO1)c1nccn(C)c1=O. The number of hydrogen-bond donors (Lipinski definition) is 0. The van der Waals surface area contributed by atoms with Crippen molar-refractivity contribution in [3.63, 3.8) is 0 Å². The predicted octanol–water partition coefficient (Wildman–Crippen LogP) is 0.456. The highest BCUT2D eigenvalue weighted by atomic mass is 16.5. The van der Waals surface area contributed by atoms with Gasteiger partial charge in [0.05, 0.1) is 12.7 Å². The topological polar surface area (TPSA) is 55.5 Å². The highest BCUT2D eigenvalue weighted by Gasteiger charge is 2.23. The maximum Gasteiger partial charge on any atom is 0.293 e. The third kappa shape index (κ3) is 3.85. The van der Waals surface area contributed by atoms with Crippen LogP contribution in [0, 0.1) is 0 Å². The van der Waals surface area contributed by atoms with E-state index >= 15 is 0 Å². The molecule has 7 nitrogen and oxygen atoms in total. The van der Waals surface area contributed by atoms with Crippen LogP contribution in [0.5, 0.6) is 0 Å². The molecule has 0 saturated carbocycles. The average molecular weight is 331 g/mol. The monoisotopic (exact) mass is 331 g/mol. The minimum atomic E-state index is -0.0862.